The molecule has 0 saturated heterocycles. The molecule has 0 atom stereocenters. The van der Waals surface area contributed by atoms with Crippen molar-refractivity contribution in [3.05, 3.63) is 72.2 Å². The van der Waals surface area contributed by atoms with Gasteiger partial charge in [-0.1, -0.05) is 6.07 Å². The molecular weight excluding hydrogens is 321 g/mol. The average molecular weight is 339 g/mol. The minimum absolute atomic E-state index is 0.232. The molecular formula is C18H18FN5O. The molecule has 6 nitrogen and oxygen atoms in total. The van der Waals surface area contributed by atoms with Crippen LogP contribution in [0.15, 0.2) is 55.2 Å². The fraction of sp³-hybridized carbons (Fsp3) is 0.167. The molecule has 2 aromatic heterocycles. The highest BCUT2D eigenvalue weighted by molar-refractivity contribution is 5.94. The summed E-state index contributed by atoms with van der Waals surface area (Å²) in [5.41, 5.74) is 1.60. The Balaban J connectivity index is 1.68. The largest absolute Gasteiger partial charge is 0.363 e. The van der Waals surface area contributed by atoms with E-state index in [9.17, 15) is 9.18 Å². The maximum Gasteiger partial charge on any atom is 0.251 e. The number of imidazole rings is 1. The van der Waals surface area contributed by atoms with Gasteiger partial charge >= 0.3 is 0 Å². The van der Waals surface area contributed by atoms with Crippen molar-refractivity contribution < 1.29 is 9.18 Å². The molecule has 0 fully saturated rings. The molecule has 2 heterocycles. The van der Waals surface area contributed by atoms with Crippen LogP contribution < -0.4 is 10.2 Å². The van der Waals surface area contributed by atoms with E-state index in [2.05, 4.69) is 15.3 Å². The molecule has 3 rings (SSSR count). The van der Waals surface area contributed by atoms with E-state index in [-0.39, 0.29) is 18.3 Å². The van der Waals surface area contributed by atoms with Crippen LogP contribution in [0.3, 0.4) is 0 Å². The summed E-state index contributed by atoms with van der Waals surface area (Å²) in [7, 11) is 3.71. The number of benzene rings is 1. The van der Waals surface area contributed by atoms with Crippen molar-refractivity contribution >= 4 is 11.7 Å². The second-order valence-corrected chi connectivity index (χ2v) is 5.74. The zero-order chi connectivity index (χ0) is 17.8. The molecule has 1 amide bonds. The number of carbonyl (C=O) groups excluding carboxylic acids is 1. The van der Waals surface area contributed by atoms with Crippen LogP contribution in [0.5, 0.6) is 0 Å². The number of pyridine rings is 1. The Morgan fingerprint density at radius 3 is 2.76 bits per heavy atom. The van der Waals surface area contributed by atoms with Gasteiger partial charge in [0.15, 0.2) is 0 Å². The van der Waals surface area contributed by atoms with E-state index in [0.29, 0.717) is 22.6 Å². The van der Waals surface area contributed by atoms with Crippen LogP contribution >= 0.6 is 0 Å². The van der Waals surface area contributed by atoms with Crippen LogP contribution in [-0.2, 0) is 6.54 Å². The first-order valence-electron chi connectivity index (χ1n) is 7.73. The highest BCUT2D eigenvalue weighted by Gasteiger charge is 2.09. The summed E-state index contributed by atoms with van der Waals surface area (Å²) in [5, 5.41) is 2.79. The van der Waals surface area contributed by atoms with Gasteiger partial charge in [0.1, 0.15) is 11.6 Å². The lowest BCUT2D eigenvalue weighted by Gasteiger charge is -2.12. The standard InChI is InChI=1S/C18H18FN5O/c1-23(2)17-10-14(5-6-21-17)18(25)22-11-13-3-4-16(15(19)9-13)24-8-7-20-12-24/h3-10,12H,11H2,1-2H3,(H,22,25). The monoisotopic (exact) mass is 339 g/mol. The van der Waals surface area contributed by atoms with Gasteiger partial charge < -0.3 is 14.8 Å². The number of nitrogens with one attached hydrogen (secondary N) is 1. The second kappa shape index (κ2) is 7.12. The summed E-state index contributed by atoms with van der Waals surface area (Å²) in [4.78, 5) is 22.2. The van der Waals surface area contributed by atoms with E-state index in [1.54, 1.807) is 47.4 Å². The van der Waals surface area contributed by atoms with E-state index in [1.165, 1.54) is 12.4 Å². The molecule has 128 valence electrons. The van der Waals surface area contributed by atoms with Crippen molar-refractivity contribution in [3.8, 4) is 5.69 Å². The molecule has 7 heteroatoms. The Kier molecular flexibility index (Phi) is 4.74. The molecule has 0 aliphatic rings. The first-order chi connectivity index (χ1) is 12.0. The van der Waals surface area contributed by atoms with Gasteiger partial charge in [-0.3, -0.25) is 4.79 Å². The van der Waals surface area contributed by atoms with Gasteiger partial charge in [-0.05, 0) is 29.8 Å². The number of hydrogen-bond acceptors (Lipinski definition) is 4. The van der Waals surface area contributed by atoms with Gasteiger partial charge in [0.25, 0.3) is 5.91 Å². The molecule has 0 saturated carbocycles. The van der Waals surface area contributed by atoms with Crippen LogP contribution in [0.4, 0.5) is 10.2 Å². The van der Waals surface area contributed by atoms with Gasteiger partial charge in [0.05, 0.1) is 12.0 Å². The Labute approximate surface area is 145 Å². The van der Waals surface area contributed by atoms with Crippen molar-refractivity contribution in [3.63, 3.8) is 0 Å². The van der Waals surface area contributed by atoms with E-state index in [4.69, 9.17) is 0 Å². The highest BCUT2D eigenvalue weighted by Crippen LogP contribution is 2.15. The normalized spacial score (nSPS) is 10.5. The SMILES string of the molecule is CN(C)c1cc(C(=O)NCc2ccc(-n3ccnc3)c(F)c2)ccn1. The van der Waals surface area contributed by atoms with Crippen molar-refractivity contribution in [1.82, 2.24) is 19.9 Å². The van der Waals surface area contributed by atoms with Crippen molar-refractivity contribution in [2.75, 3.05) is 19.0 Å². The Morgan fingerprint density at radius 1 is 1.24 bits per heavy atom. The minimum atomic E-state index is -0.372. The van der Waals surface area contributed by atoms with Crippen molar-refractivity contribution in [2.45, 2.75) is 6.54 Å². The summed E-state index contributed by atoms with van der Waals surface area (Å²) < 4.78 is 15.8. The third kappa shape index (κ3) is 3.82. The fourth-order valence-electron chi connectivity index (χ4n) is 2.36. The Bertz CT molecular complexity index is 877. The minimum Gasteiger partial charge on any atom is -0.363 e. The zero-order valence-corrected chi connectivity index (χ0v) is 14.0. The molecule has 0 aliphatic heterocycles. The first-order valence-corrected chi connectivity index (χ1v) is 7.73. The summed E-state index contributed by atoms with van der Waals surface area (Å²) in [6.45, 7) is 0.236. The molecule has 1 aromatic carbocycles. The first kappa shape index (κ1) is 16.6. The Morgan fingerprint density at radius 2 is 2.08 bits per heavy atom. The van der Waals surface area contributed by atoms with Gasteiger partial charge in [-0.2, -0.15) is 0 Å². The molecule has 0 aliphatic carbocycles. The highest BCUT2D eigenvalue weighted by atomic mass is 19.1. The third-order valence-electron chi connectivity index (χ3n) is 3.71. The molecule has 0 spiro atoms. The van der Waals surface area contributed by atoms with Crippen molar-refractivity contribution in [2.24, 2.45) is 0 Å². The molecule has 3 aromatic rings. The van der Waals surface area contributed by atoms with Crippen LogP contribution in [0.25, 0.3) is 5.69 Å². The lowest BCUT2D eigenvalue weighted by molar-refractivity contribution is 0.0951. The number of nitrogens with zero attached hydrogens (tertiary/aromatic N) is 4. The summed E-state index contributed by atoms with van der Waals surface area (Å²) in [6, 6.07) is 8.20. The number of carbonyl (C=O) groups is 1. The number of halogens is 1. The molecule has 0 radical (unpaired) electrons. The molecule has 1 N–H and O–H groups in total. The van der Waals surface area contributed by atoms with Crippen molar-refractivity contribution in [1.29, 1.82) is 0 Å². The molecule has 0 unspecified atom stereocenters. The number of anilines is 1. The van der Waals surface area contributed by atoms with E-state index in [0.717, 1.165) is 0 Å². The smallest absolute Gasteiger partial charge is 0.251 e. The molecule has 0 bridgehead atoms. The lowest BCUT2D eigenvalue weighted by Crippen LogP contribution is -2.23. The topological polar surface area (TPSA) is 63.1 Å². The fourth-order valence-corrected chi connectivity index (χ4v) is 2.36. The van der Waals surface area contributed by atoms with Gasteiger partial charge in [0, 0.05) is 44.8 Å². The van der Waals surface area contributed by atoms with Crippen LogP contribution in [0.2, 0.25) is 0 Å². The maximum atomic E-state index is 14.2. The summed E-state index contributed by atoms with van der Waals surface area (Å²) in [6.07, 6.45) is 6.38. The number of amides is 1. The van der Waals surface area contributed by atoms with Crippen LogP contribution in [-0.4, -0.2) is 34.5 Å². The zero-order valence-electron chi connectivity index (χ0n) is 14.0. The van der Waals surface area contributed by atoms with E-state index < -0.39 is 0 Å². The summed E-state index contributed by atoms with van der Waals surface area (Å²) >= 11 is 0. The van der Waals surface area contributed by atoms with Gasteiger partial charge in [-0.25, -0.2) is 14.4 Å². The van der Waals surface area contributed by atoms with Crippen LogP contribution in [0.1, 0.15) is 15.9 Å². The predicted octanol–water partition coefficient (Wildman–Crippen LogP) is 2.40. The van der Waals surface area contributed by atoms with E-state index in [1.807, 2.05) is 19.0 Å². The lowest BCUT2D eigenvalue weighted by atomic mass is 10.2. The van der Waals surface area contributed by atoms with Gasteiger partial charge in [-0.15, -0.1) is 0 Å². The quantitative estimate of drug-likeness (QED) is 0.775. The number of hydrogen-bond donors (Lipinski definition) is 1. The number of aromatic nitrogens is 3. The maximum absolute atomic E-state index is 14.2. The second-order valence-electron chi connectivity index (χ2n) is 5.74. The summed E-state index contributed by atoms with van der Waals surface area (Å²) in [5.74, 6) is 0.0940. The average Bonchev–Trinajstić information content (AvgIpc) is 3.14. The van der Waals surface area contributed by atoms with Crippen LogP contribution in [0, 0.1) is 5.82 Å². The Hall–Kier alpha value is -3.22. The predicted molar refractivity (Wildman–Crippen MR) is 93.3 cm³/mol. The number of rotatable bonds is 5. The molecule has 25 heavy (non-hydrogen) atoms. The third-order valence-corrected chi connectivity index (χ3v) is 3.71. The van der Waals surface area contributed by atoms with Gasteiger partial charge in [0.2, 0.25) is 0 Å². The van der Waals surface area contributed by atoms with E-state index >= 15 is 0 Å².